The summed E-state index contributed by atoms with van der Waals surface area (Å²) < 4.78 is 36.4. The fraction of sp³-hybridized carbons (Fsp3) is 0.0714. The molecule has 0 amide bonds. The van der Waals surface area contributed by atoms with Crippen molar-refractivity contribution in [3.8, 4) is 17.2 Å². The maximum atomic E-state index is 11.2. The first kappa shape index (κ1) is 17.1. The van der Waals surface area contributed by atoms with Gasteiger partial charge in [0, 0.05) is 22.9 Å². The van der Waals surface area contributed by atoms with E-state index in [2.05, 4.69) is 4.99 Å². The summed E-state index contributed by atoms with van der Waals surface area (Å²) >= 11 is 5.75. The molecular formula is C14H12ClNO6S. The standard InChI is InChI=1S/C14H12ClNO6S/c1-22-10-3-2-8(12(17)6-10)7-16-11-4-9(15)5-13(14(11)18)23(19,20)21/h2-7,17-18H,1H3,(H,19,20,21). The third-order valence-electron chi connectivity index (χ3n) is 2.88. The van der Waals surface area contributed by atoms with Crippen LogP contribution in [-0.4, -0.2) is 36.5 Å². The molecule has 0 aliphatic heterocycles. The van der Waals surface area contributed by atoms with Crippen molar-refractivity contribution >= 4 is 33.6 Å². The monoisotopic (exact) mass is 357 g/mol. The number of benzene rings is 2. The lowest BCUT2D eigenvalue weighted by Gasteiger charge is -2.06. The predicted octanol–water partition coefficient (Wildman–Crippen LogP) is 2.76. The molecule has 0 saturated carbocycles. The van der Waals surface area contributed by atoms with Gasteiger partial charge in [0.15, 0.2) is 5.75 Å². The number of phenolic OH excluding ortho intramolecular Hbond substituents is 2. The summed E-state index contributed by atoms with van der Waals surface area (Å²) in [5.74, 6) is -0.426. The second-order valence-electron chi connectivity index (χ2n) is 4.43. The van der Waals surface area contributed by atoms with E-state index in [1.165, 1.54) is 31.5 Å². The van der Waals surface area contributed by atoms with Crippen LogP contribution >= 0.6 is 11.6 Å². The first-order valence-corrected chi connectivity index (χ1v) is 7.95. The van der Waals surface area contributed by atoms with E-state index in [0.29, 0.717) is 11.3 Å². The van der Waals surface area contributed by atoms with E-state index in [9.17, 15) is 18.6 Å². The number of hydrogen-bond donors (Lipinski definition) is 3. The van der Waals surface area contributed by atoms with E-state index < -0.39 is 20.8 Å². The van der Waals surface area contributed by atoms with Crippen molar-refractivity contribution < 1.29 is 27.9 Å². The highest BCUT2D eigenvalue weighted by molar-refractivity contribution is 7.86. The minimum Gasteiger partial charge on any atom is -0.507 e. The Bertz CT molecular complexity index is 879. The molecule has 9 heteroatoms. The number of hydrogen-bond acceptors (Lipinski definition) is 6. The lowest BCUT2D eigenvalue weighted by atomic mass is 10.2. The molecule has 7 nitrogen and oxygen atoms in total. The first-order chi connectivity index (χ1) is 10.7. The summed E-state index contributed by atoms with van der Waals surface area (Å²) in [4.78, 5) is 3.14. The van der Waals surface area contributed by atoms with Crippen LogP contribution in [0.15, 0.2) is 40.2 Å². The Labute approximate surface area is 137 Å². The van der Waals surface area contributed by atoms with E-state index in [4.69, 9.17) is 20.9 Å². The topological polar surface area (TPSA) is 116 Å². The Kier molecular flexibility index (Phi) is 4.79. The number of methoxy groups -OCH3 is 1. The van der Waals surface area contributed by atoms with Crippen LogP contribution in [0, 0.1) is 0 Å². The van der Waals surface area contributed by atoms with Crippen molar-refractivity contribution in [3.05, 3.63) is 40.9 Å². The zero-order valence-corrected chi connectivity index (χ0v) is 13.3. The van der Waals surface area contributed by atoms with Crippen LogP contribution in [0.4, 0.5) is 5.69 Å². The number of ether oxygens (including phenoxy) is 1. The second-order valence-corrected chi connectivity index (χ2v) is 6.26. The smallest absolute Gasteiger partial charge is 0.298 e. The highest BCUT2D eigenvalue weighted by Crippen LogP contribution is 2.36. The molecule has 0 radical (unpaired) electrons. The molecule has 3 N–H and O–H groups in total. The summed E-state index contributed by atoms with van der Waals surface area (Å²) in [6.45, 7) is 0. The van der Waals surface area contributed by atoms with E-state index in [-0.39, 0.29) is 16.5 Å². The van der Waals surface area contributed by atoms with E-state index in [0.717, 1.165) is 6.07 Å². The van der Waals surface area contributed by atoms with Gasteiger partial charge in [-0.3, -0.25) is 9.55 Å². The zero-order chi connectivity index (χ0) is 17.2. The van der Waals surface area contributed by atoms with Gasteiger partial charge in [0.1, 0.15) is 22.1 Å². The Morgan fingerprint density at radius 1 is 1.22 bits per heavy atom. The quantitative estimate of drug-likeness (QED) is 0.572. The predicted molar refractivity (Wildman–Crippen MR) is 84.8 cm³/mol. The van der Waals surface area contributed by atoms with Gasteiger partial charge in [0.05, 0.1) is 7.11 Å². The number of aromatic hydroxyl groups is 2. The summed E-state index contributed by atoms with van der Waals surface area (Å²) in [5.41, 5.74) is 0.124. The normalized spacial score (nSPS) is 11.8. The molecule has 2 rings (SSSR count). The van der Waals surface area contributed by atoms with Crippen molar-refractivity contribution in [2.75, 3.05) is 7.11 Å². The van der Waals surface area contributed by atoms with E-state index in [1.807, 2.05) is 0 Å². The van der Waals surface area contributed by atoms with Crippen LogP contribution in [0.5, 0.6) is 17.2 Å². The lowest BCUT2D eigenvalue weighted by Crippen LogP contribution is -1.98. The van der Waals surface area contributed by atoms with E-state index >= 15 is 0 Å². The number of aliphatic imine (C=N–C) groups is 1. The molecule has 0 saturated heterocycles. The molecule has 0 fully saturated rings. The van der Waals surface area contributed by atoms with Crippen molar-refractivity contribution in [1.29, 1.82) is 0 Å². The number of nitrogens with zero attached hydrogens (tertiary/aromatic N) is 1. The molecule has 0 aromatic heterocycles. The van der Waals surface area contributed by atoms with Gasteiger partial charge >= 0.3 is 0 Å². The minimum absolute atomic E-state index is 0.0403. The number of halogens is 1. The summed E-state index contributed by atoms with van der Waals surface area (Å²) in [7, 11) is -3.21. The van der Waals surface area contributed by atoms with Crippen molar-refractivity contribution in [1.82, 2.24) is 0 Å². The van der Waals surface area contributed by atoms with Gasteiger partial charge in [-0.15, -0.1) is 0 Å². The Morgan fingerprint density at radius 2 is 1.91 bits per heavy atom. The summed E-state index contributed by atoms with van der Waals surface area (Å²) in [5, 5.41) is 19.7. The van der Waals surface area contributed by atoms with Crippen LogP contribution in [0.1, 0.15) is 5.56 Å². The lowest BCUT2D eigenvalue weighted by molar-refractivity contribution is 0.407. The molecular weight excluding hydrogens is 346 g/mol. The van der Waals surface area contributed by atoms with E-state index in [1.54, 1.807) is 6.07 Å². The summed E-state index contributed by atoms with van der Waals surface area (Å²) in [6.07, 6.45) is 1.20. The Morgan fingerprint density at radius 3 is 2.48 bits per heavy atom. The third-order valence-corrected chi connectivity index (χ3v) is 3.96. The molecule has 0 spiro atoms. The molecule has 2 aromatic rings. The van der Waals surface area contributed by atoms with Crippen molar-refractivity contribution in [3.63, 3.8) is 0 Å². The van der Waals surface area contributed by atoms with Gasteiger partial charge in [0.2, 0.25) is 0 Å². The second kappa shape index (κ2) is 6.45. The Balaban J connectivity index is 2.46. The van der Waals surface area contributed by atoms with Gasteiger partial charge in [-0.2, -0.15) is 8.42 Å². The maximum absolute atomic E-state index is 11.2. The summed E-state index contributed by atoms with van der Waals surface area (Å²) in [6, 6.07) is 6.58. The van der Waals surface area contributed by atoms with Gasteiger partial charge in [-0.1, -0.05) is 11.6 Å². The van der Waals surface area contributed by atoms with Crippen molar-refractivity contribution in [2.45, 2.75) is 4.90 Å². The van der Waals surface area contributed by atoms with Crippen LogP contribution in [0.25, 0.3) is 0 Å². The number of rotatable bonds is 4. The van der Waals surface area contributed by atoms with Gasteiger partial charge in [0.25, 0.3) is 10.1 Å². The maximum Gasteiger partial charge on any atom is 0.298 e. The van der Waals surface area contributed by atoms with Gasteiger partial charge in [-0.05, 0) is 24.3 Å². The average molecular weight is 358 g/mol. The Hall–Kier alpha value is -2.29. The molecule has 2 aromatic carbocycles. The molecule has 23 heavy (non-hydrogen) atoms. The molecule has 0 heterocycles. The van der Waals surface area contributed by atoms with Gasteiger partial charge < -0.3 is 14.9 Å². The molecule has 0 bridgehead atoms. The van der Waals surface area contributed by atoms with Crippen LogP contribution < -0.4 is 4.74 Å². The minimum atomic E-state index is -4.65. The first-order valence-electron chi connectivity index (χ1n) is 6.13. The van der Waals surface area contributed by atoms with Gasteiger partial charge in [-0.25, -0.2) is 0 Å². The van der Waals surface area contributed by atoms with Crippen LogP contribution in [-0.2, 0) is 10.1 Å². The molecule has 0 aliphatic rings. The van der Waals surface area contributed by atoms with Crippen LogP contribution in [0.2, 0.25) is 5.02 Å². The average Bonchev–Trinajstić information content (AvgIpc) is 2.47. The largest absolute Gasteiger partial charge is 0.507 e. The van der Waals surface area contributed by atoms with Crippen molar-refractivity contribution in [2.24, 2.45) is 4.99 Å². The molecule has 0 unspecified atom stereocenters. The third kappa shape index (κ3) is 3.92. The SMILES string of the molecule is COc1ccc(C=Nc2cc(Cl)cc(S(=O)(=O)O)c2O)c(O)c1. The molecule has 0 atom stereocenters. The fourth-order valence-electron chi connectivity index (χ4n) is 1.75. The highest BCUT2D eigenvalue weighted by atomic mass is 35.5. The molecule has 0 aliphatic carbocycles. The zero-order valence-electron chi connectivity index (χ0n) is 11.8. The number of phenols is 2. The van der Waals surface area contributed by atoms with Crippen LogP contribution in [0.3, 0.4) is 0 Å². The highest BCUT2D eigenvalue weighted by Gasteiger charge is 2.19. The fourth-order valence-corrected chi connectivity index (χ4v) is 2.66. The molecule has 122 valence electrons.